The highest BCUT2D eigenvalue weighted by Gasteiger charge is 2.39. The molecule has 0 fully saturated rings. The lowest BCUT2D eigenvalue weighted by atomic mass is 9.79. The smallest absolute Gasteiger partial charge is 0.406 e. The molecule has 0 amide bonds. The lowest BCUT2D eigenvalue weighted by Gasteiger charge is -2.37. The first-order valence-corrected chi connectivity index (χ1v) is 10.3. The van der Waals surface area contributed by atoms with Crippen LogP contribution in [0.25, 0.3) is 10.4 Å². The van der Waals surface area contributed by atoms with Gasteiger partial charge in [0.15, 0.2) is 0 Å². The molecule has 1 aliphatic carbocycles. The number of hydrogen-bond donors (Lipinski definition) is 1. The Morgan fingerprint density at radius 3 is 2.62 bits per heavy atom. The second kappa shape index (κ2) is 6.95. The van der Waals surface area contributed by atoms with Crippen LogP contribution >= 0.6 is 11.3 Å². The molecule has 6 heteroatoms. The molecule has 3 unspecified atom stereocenters. The molecule has 2 heterocycles. The highest BCUT2D eigenvalue weighted by Crippen LogP contribution is 2.52. The molecule has 2 aliphatic rings. The minimum atomic E-state index is -4.69. The molecule has 0 saturated carbocycles. The van der Waals surface area contributed by atoms with Crippen molar-refractivity contribution in [3.63, 3.8) is 0 Å². The molecule has 0 saturated heterocycles. The number of hydrogen-bond acceptors (Lipinski definition) is 3. The van der Waals surface area contributed by atoms with Crippen molar-refractivity contribution in [1.82, 2.24) is 0 Å². The average molecular weight is 413 g/mol. The number of ether oxygens (including phenoxy) is 1. The largest absolute Gasteiger partial charge is 0.573 e. The molecule has 148 valence electrons. The van der Waals surface area contributed by atoms with Crippen molar-refractivity contribution < 1.29 is 17.9 Å². The highest BCUT2D eigenvalue weighted by atomic mass is 32.1. The van der Waals surface area contributed by atoms with Crippen LogP contribution in [-0.2, 0) is 0 Å². The van der Waals surface area contributed by atoms with Gasteiger partial charge in [0.05, 0.1) is 6.04 Å². The van der Waals surface area contributed by atoms with E-state index < -0.39 is 6.36 Å². The Labute approximate surface area is 170 Å². The molecule has 1 N–H and O–H groups in total. The number of anilines is 1. The third-order valence-electron chi connectivity index (χ3n) is 5.56. The Morgan fingerprint density at radius 1 is 1.00 bits per heavy atom. The van der Waals surface area contributed by atoms with Crippen LogP contribution in [0.4, 0.5) is 18.9 Å². The maximum atomic E-state index is 12.6. The van der Waals surface area contributed by atoms with Crippen molar-refractivity contribution in [2.45, 2.75) is 24.7 Å². The molecule has 1 aromatic heterocycles. The standard InChI is InChI=1S/C23H18F3NOS/c24-23(25,26)28-15-9-10-19-18(13-15)16-7-4-8-17(16)22(27-19)21-12-11-20(29-21)14-5-2-1-3-6-14/h1-7,9-13,16-17,22,27H,8H2. The quantitative estimate of drug-likeness (QED) is 0.461. The number of allylic oxidation sites excluding steroid dienone is 2. The molecule has 5 rings (SSSR count). The predicted molar refractivity (Wildman–Crippen MR) is 109 cm³/mol. The van der Waals surface area contributed by atoms with Gasteiger partial charge in [0.1, 0.15) is 5.75 Å². The Hall–Kier alpha value is -2.73. The van der Waals surface area contributed by atoms with Crippen molar-refractivity contribution >= 4 is 17.0 Å². The molecule has 1 aliphatic heterocycles. The van der Waals surface area contributed by atoms with Crippen molar-refractivity contribution in [3.8, 4) is 16.2 Å². The molecule has 0 spiro atoms. The van der Waals surface area contributed by atoms with E-state index in [1.165, 1.54) is 27.5 Å². The molecule has 2 nitrogen and oxygen atoms in total. The number of alkyl halides is 3. The third kappa shape index (κ3) is 3.53. The fourth-order valence-corrected chi connectivity index (χ4v) is 5.47. The Kier molecular flexibility index (Phi) is 4.39. The number of rotatable bonds is 3. The number of fused-ring (bicyclic) bond motifs is 3. The van der Waals surface area contributed by atoms with Gasteiger partial charge in [-0.2, -0.15) is 0 Å². The van der Waals surface area contributed by atoms with Crippen molar-refractivity contribution in [2.24, 2.45) is 5.92 Å². The summed E-state index contributed by atoms with van der Waals surface area (Å²) in [5, 5.41) is 3.57. The second-order valence-corrected chi connectivity index (χ2v) is 8.46. The van der Waals surface area contributed by atoms with Gasteiger partial charge < -0.3 is 10.1 Å². The summed E-state index contributed by atoms with van der Waals surface area (Å²) in [6, 6.07) is 19.3. The number of thiophene rings is 1. The van der Waals surface area contributed by atoms with Gasteiger partial charge in [-0.05, 0) is 53.8 Å². The zero-order valence-electron chi connectivity index (χ0n) is 15.3. The Balaban J connectivity index is 1.47. The van der Waals surface area contributed by atoms with E-state index in [4.69, 9.17) is 0 Å². The monoisotopic (exact) mass is 413 g/mol. The van der Waals surface area contributed by atoms with E-state index >= 15 is 0 Å². The second-order valence-electron chi connectivity index (χ2n) is 7.34. The van der Waals surface area contributed by atoms with E-state index in [9.17, 15) is 13.2 Å². The first-order valence-electron chi connectivity index (χ1n) is 9.46. The van der Waals surface area contributed by atoms with Crippen LogP contribution < -0.4 is 10.1 Å². The van der Waals surface area contributed by atoms with Crippen molar-refractivity contribution in [2.75, 3.05) is 5.32 Å². The molecule has 2 aromatic carbocycles. The van der Waals surface area contributed by atoms with E-state index in [1.807, 2.05) is 18.2 Å². The van der Waals surface area contributed by atoms with E-state index in [2.05, 4.69) is 46.5 Å². The summed E-state index contributed by atoms with van der Waals surface area (Å²) in [7, 11) is 0. The topological polar surface area (TPSA) is 21.3 Å². The van der Waals surface area contributed by atoms with Gasteiger partial charge in [-0.1, -0.05) is 42.5 Å². The van der Waals surface area contributed by atoms with Gasteiger partial charge in [-0.15, -0.1) is 24.5 Å². The van der Waals surface area contributed by atoms with Crippen LogP contribution in [0.5, 0.6) is 5.75 Å². The summed E-state index contributed by atoms with van der Waals surface area (Å²) >= 11 is 1.76. The van der Waals surface area contributed by atoms with Crippen LogP contribution in [0, 0.1) is 5.92 Å². The van der Waals surface area contributed by atoms with Gasteiger partial charge in [-0.3, -0.25) is 0 Å². The van der Waals surface area contributed by atoms with Crippen LogP contribution in [0.1, 0.15) is 28.8 Å². The van der Waals surface area contributed by atoms with Crippen molar-refractivity contribution in [1.29, 1.82) is 0 Å². The number of halogens is 3. The fourth-order valence-electron chi connectivity index (χ4n) is 4.33. The zero-order valence-corrected chi connectivity index (χ0v) is 16.1. The summed E-state index contributed by atoms with van der Waals surface area (Å²) in [5.41, 5.74) is 2.92. The molecule has 3 aromatic rings. The van der Waals surface area contributed by atoms with E-state index in [1.54, 1.807) is 17.4 Å². The van der Waals surface area contributed by atoms with Gasteiger partial charge in [0.25, 0.3) is 0 Å². The van der Waals surface area contributed by atoms with Gasteiger partial charge >= 0.3 is 6.36 Å². The van der Waals surface area contributed by atoms with Crippen LogP contribution in [0.15, 0.2) is 72.8 Å². The lowest BCUT2D eigenvalue weighted by Crippen LogP contribution is -2.28. The summed E-state index contributed by atoms with van der Waals surface area (Å²) in [5.74, 6) is 0.180. The first-order chi connectivity index (χ1) is 14.0. The normalized spacial score (nSPS) is 22.7. The third-order valence-corrected chi connectivity index (χ3v) is 6.78. The van der Waals surface area contributed by atoms with Gasteiger partial charge in [0, 0.05) is 21.4 Å². The molecule has 3 atom stereocenters. The first kappa shape index (κ1) is 18.3. The zero-order chi connectivity index (χ0) is 20.0. The fraction of sp³-hybridized carbons (Fsp3) is 0.217. The summed E-state index contributed by atoms with van der Waals surface area (Å²) in [4.78, 5) is 2.45. The summed E-state index contributed by atoms with van der Waals surface area (Å²) in [6.07, 6.45) is 0.446. The van der Waals surface area contributed by atoms with Crippen LogP contribution in [-0.4, -0.2) is 6.36 Å². The minimum Gasteiger partial charge on any atom is -0.406 e. The average Bonchev–Trinajstić information content (AvgIpc) is 3.37. The van der Waals surface area contributed by atoms with E-state index in [0.717, 1.165) is 17.7 Å². The molecule has 0 bridgehead atoms. The molecular formula is C23H18F3NOS. The maximum Gasteiger partial charge on any atom is 0.573 e. The molecule has 29 heavy (non-hydrogen) atoms. The van der Waals surface area contributed by atoms with Crippen LogP contribution in [0.3, 0.4) is 0 Å². The summed E-state index contributed by atoms with van der Waals surface area (Å²) < 4.78 is 42.0. The SMILES string of the molecule is FC(F)(F)Oc1ccc2c(c1)C1C=CCC1C(c1ccc(-c3ccccc3)s1)N2. The summed E-state index contributed by atoms with van der Waals surface area (Å²) in [6.45, 7) is 0. The van der Waals surface area contributed by atoms with Gasteiger partial charge in [-0.25, -0.2) is 0 Å². The highest BCUT2D eigenvalue weighted by molar-refractivity contribution is 7.15. The number of benzene rings is 2. The minimum absolute atomic E-state index is 0.0790. The Bertz CT molecular complexity index is 1060. The van der Waals surface area contributed by atoms with E-state index in [-0.39, 0.29) is 23.6 Å². The maximum absolute atomic E-state index is 12.6. The van der Waals surface area contributed by atoms with Gasteiger partial charge in [0.2, 0.25) is 0 Å². The predicted octanol–water partition coefficient (Wildman–Crippen LogP) is 7.14. The van der Waals surface area contributed by atoms with E-state index in [0.29, 0.717) is 0 Å². The molecule has 0 radical (unpaired) electrons. The van der Waals surface area contributed by atoms with Crippen LogP contribution in [0.2, 0.25) is 0 Å². The Morgan fingerprint density at radius 2 is 1.83 bits per heavy atom. The molecular weight excluding hydrogens is 395 g/mol. The number of nitrogens with one attached hydrogen (secondary N) is 1. The van der Waals surface area contributed by atoms with Crippen molar-refractivity contribution in [3.05, 3.63) is 83.3 Å². The lowest BCUT2D eigenvalue weighted by molar-refractivity contribution is -0.274.